The maximum Gasteiger partial charge on any atom is 0.355 e. The summed E-state index contributed by atoms with van der Waals surface area (Å²) in [5.74, 6) is -0.371. The van der Waals surface area contributed by atoms with Gasteiger partial charge >= 0.3 is 5.97 Å². The van der Waals surface area contributed by atoms with Crippen LogP contribution in [0.15, 0.2) is 10.6 Å². The van der Waals surface area contributed by atoms with Crippen LogP contribution in [0.3, 0.4) is 0 Å². The van der Waals surface area contributed by atoms with E-state index in [1.165, 1.54) is 18.9 Å². The Morgan fingerprint density at radius 2 is 2.29 bits per heavy atom. The number of thioether (sulfide) groups is 1. The van der Waals surface area contributed by atoms with E-state index in [-0.39, 0.29) is 11.9 Å². The van der Waals surface area contributed by atoms with Crippen molar-refractivity contribution in [1.29, 1.82) is 0 Å². The molecule has 0 aromatic carbocycles. The number of fused-ring (bicyclic) bond motifs is 1. The number of hydrogen-bond acceptors (Lipinski definition) is 4. The fourth-order valence-electron chi connectivity index (χ4n) is 1.89. The second-order valence-corrected chi connectivity index (χ2v) is 4.19. The van der Waals surface area contributed by atoms with Gasteiger partial charge in [-0.05, 0) is 6.26 Å². The maximum atomic E-state index is 11.4. The number of amides is 1. The van der Waals surface area contributed by atoms with Crippen LogP contribution in [0.1, 0.15) is 12.8 Å². The number of hydrogen-bond donors (Lipinski definition) is 0. The van der Waals surface area contributed by atoms with Gasteiger partial charge in [0.15, 0.2) is 0 Å². The average molecular weight is 213 g/mol. The third-order valence-corrected chi connectivity index (χ3v) is 3.45. The molecule has 1 amide bonds. The predicted octanol–water partition coefficient (Wildman–Crippen LogP) is 0.739. The number of rotatable bonds is 2. The number of nitrogens with zero attached hydrogens (tertiary/aromatic N) is 1. The van der Waals surface area contributed by atoms with Crippen LogP contribution in [0.5, 0.6) is 0 Å². The van der Waals surface area contributed by atoms with Crippen molar-refractivity contribution in [3.05, 3.63) is 10.6 Å². The summed E-state index contributed by atoms with van der Waals surface area (Å²) in [4.78, 5) is 25.2. The van der Waals surface area contributed by atoms with Gasteiger partial charge in [-0.15, -0.1) is 11.8 Å². The van der Waals surface area contributed by atoms with Crippen LogP contribution in [0, 0.1) is 0 Å². The van der Waals surface area contributed by atoms with Gasteiger partial charge in [-0.25, -0.2) is 4.79 Å². The van der Waals surface area contributed by atoms with Crippen LogP contribution < -0.4 is 0 Å². The summed E-state index contributed by atoms with van der Waals surface area (Å²) in [7, 11) is 1.34. The van der Waals surface area contributed by atoms with Crippen molar-refractivity contribution in [1.82, 2.24) is 4.90 Å². The molecule has 1 atom stereocenters. The van der Waals surface area contributed by atoms with Crippen LogP contribution in [0.25, 0.3) is 0 Å². The van der Waals surface area contributed by atoms with E-state index >= 15 is 0 Å². The van der Waals surface area contributed by atoms with E-state index in [0.29, 0.717) is 12.1 Å². The summed E-state index contributed by atoms with van der Waals surface area (Å²) in [6.07, 6.45) is 3.27. The van der Waals surface area contributed by atoms with Crippen molar-refractivity contribution in [3.63, 3.8) is 0 Å². The molecule has 2 aliphatic heterocycles. The molecule has 1 saturated heterocycles. The van der Waals surface area contributed by atoms with Gasteiger partial charge in [0.2, 0.25) is 5.91 Å². The van der Waals surface area contributed by atoms with Crippen LogP contribution in [0.2, 0.25) is 0 Å². The van der Waals surface area contributed by atoms with E-state index in [1.54, 1.807) is 4.90 Å². The fourth-order valence-corrected chi connectivity index (χ4v) is 2.62. The average Bonchev–Trinajstić information content (AvgIpc) is 2.49. The molecule has 0 N–H and O–H groups in total. The fraction of sp³-hybridized carbons (Fsp3) is 0.556. The summed E-state index contributed by atoms with van der Waals surface area (Å²) < 4.78 is 4.66. The van der Waals surface area contributed by atoms with Crippen molar-refractivity contribution in [2.45, 2.75) is 18.9 Å². The zero-order chi connectivity index (χ0) is 10.3. The zero-order valence-electron chi connectivity index (χ0n) is 8.07. The lowest BCUT2D eigenvalue weighted by Gasteiger charge is -2.35. The Morgan fingerprint density at radius 3 is 2.79 bits per heavy atom. The smallest absolute Gasteiger partial charge is 0.355 e. The molecular weight excluding hydrogens is 202 g/mol. The predicted molar refractivity (Wildman–Crippen MR) is 52.4 cm³/mol. The van der Waals surface area contributed by atoms with E-state index in [2.05, 4.69) is 4.74 Å². The van der Waals surface area contributed by atoms with Gasteiger partial charge in [-0.3, -0.25) is 4.79 Å². The molecule has 5 heteroatoms. The minimum absolute atomic E-state index is 0.0273. The highest BCUT2D eigenvalue weighted by atomic mass is 32.2. The summed E-state index contributed by atoms with van der Waals surface area (Å²) >= 11 is 1.52. The normalized spacial score (nSPS) is 24.9. The zero-order valence-corrected chi connectivity index (χ0v) is 8.89. The Bertz CT molecular complexity index is 337. The van der Waals surface area contributed by atoms with Crippen LogP contribution >= 0.6 is 11.8 Å². The Balaban J connectivity index is 2.31. The van der Waals surface area contributed by atoms with Crippen molar-refractivity contribution in [2.24, 2.45) is 0 Å². The number of β-lactam (4-membered cyclic amide) rings is 1. The van der Waals surface area contributed by atoms with Crippen LogP contribution in [-0.4, -0.2) is 36.2 Å². The van der Waals surface area contributed by atoms with Gasteiger partial charge in [-0.2, -0.15) is 0 Å². The third-order valence-electron chi connectivity index (χ3n) is 2.60. The third kappa shape index (κ3) is 1.15. The molecule has 14 heavy (non-hydrogen) atoms. The van der Waals surface area contributed by atoms with Crippen LogP contribution in [-0.2, 0) is 14.3 Å². The maximum absolute atomic E-state index is 11.4. The molecule has 76 valence electrons. The Labute approximate surface area is 86.3 Å². The molecule has 2 heterocycles. The van der Waals surface area contributed by atoms with E-state index < -0.39 is 5.97 Å². The monoisotopic (exact) mass is 213 g/mol. The summed E-state index contributed by atoms with van der Waals surface area (Å²) in [5.41, 5.74) is 0.459. The molecule has 1 fully saturated rings. The van der Waals surface area contributed by atoms with Gasteiger partial charge in [0.1, 0.15) is 5.70 Å². The summed E-state index contributed by atoms with van der Waals surface area (Å²) in [5, 5.41) is 0. The quantitative estimate of drug-likeness (QED) is 0.501. The van der Waals surface area contributed by atoms with E-state index in [4.69, 9.17) is 0 Å². The lowest BCUT2D eigenvalue weighted by atomic mass is 10.0. The van der Waals surface area contributed by atoms with Gasteiger partial charge in [0.25, 0.3) is 0 Å². The van der Waals surface area contributed by atoms with E-state index in [0.717, 1.165) is 11.3 Å². The first-order valence-corrected chi connectivity index (χ1v) is 5.59. The van der Waals surface area contributed by atoms with Crippen molar-refractivity contribution in [2.75, 3.05) is 13.4 Å². The summed E-state index contributed by atoms with van der Waals surface area (Å²) in [6, 6.07) is 0.207. The first-order valence-electron chi connectivity index (χ1n) is 4.36. The standard InChI is InChI=1S/C9H11NO3S/c1-13-9(12)8-6(14-2)3-5-4-7(11)10(5)8/h5H,3-4H2,1-2H3/t5-/m0/s1. The topological polar surface area (TPSA) is 46.6 Å². The first-order chi connectivity index (χ1) is 6.69. The molecule has 0 aliphatic carbocycles. The highest BCUT2D eigenvalue weighted by Gasteiger charge is 2.47. The van der Waals surface area contributed by atoms with Gasteiger partial charge < -0.3 is 9.64 Å². The molecule has 4 nitrogen and oxygen atoms in total. The molecule has 2 rings (SSSR count). The van der Waals surface area contributed by atoms with Gasteiger partial charge in [0, 0.05) is 17.7 Å². The number of methoxy groups -OCH3 is 1. The number of esters is 1. The molecule has 2 aliphatic rings. The SMILES string of the molecule is COC(=O)C1=C(SC)C[C@H]2CC(=O)N12. The van der Waals surface area contributed by atoms with Gasteiger partial charge in [0.05, 0.1) is 13.2 Å². The largest absolute Gasteiger partial charge is 0.464 e. The van der Waals surface area contributed by atoms with Crippen molar-refractivity contribution >= 4 is 23.6 Å². The Hall–Kier alpha value is -0.970. The molecule has 0 saturated carbocycles. The first kappa shape index (κ1) is 9.58. The molecular formula is C9H11NO3S. The van der Waals surface area contributed by atoms with Crippen molar-refractivity contribution in [3.8, 4) is 0 Å². The lowest BCUT2D eigenvalue weighted by molar-refractivity contribution is -0.148. The summed E-state index contributed by atoms with van der Waals surface area (Å²) in [6.45, 7) is 0. The minimum atomic E-state index is -0.398. The molecule has 0 spiro atoms. The van der Waals surface area contributed by atoms with Crippen molar-refractivity contribution < 1.29 is 14.3 Å². The van der Waals surface area contributed by atoms with E-state index in [9.17, 15) is 9.59 Å². The molecule has 0 aromatic rings. The Kier molecular flexibility index (Phi) is 2.26. The number of carbonyl (C=O) groups is 2. The number of carbonyl (C=O) groups excluding carboxylic acids is 2. The molecule has 0 radical (unpaired) electrons. The lowest BCUT2D eigenvalue weighted by Crippen LogP contribution is -2.49. The van der Waals surface area contributed by atoms with Crippen LogP contribution in [0.4, 0.5) is 0 Å². The second kappa shape index (κ2) is 3.31. The van der Waals surface area contributed by atoms with E-state index in [1.807, 2.05) is 6.26 Å². The highest BCUT2D eigenvalue weighted by molar-refractivity contribution is 8.02. The molecule has 0 bridgehead atoms. The molecule has 0 aromatic heterocycles. The number of ether oxygens (including phenoxy) is 1. The molecule has 0 unspecified atom stereocenters. The van der Waals surface area contributed by atoms with Gasteiger partial charge in [-0.1, -0.05) is 0 Å². The highest BCUT2D eigenvalue weighted by Crippen LogP contribution is 2.42. The Morgan fingerprint density at radius 1 is 1.57 bits per heavy atom. The minimum Gasteiger partial charge on any atom is -0.464 e. The second-order valence-electron chi connectivity index (χ2n) is 3.29.